The van der Waals surface area contributed by atoms with Crippen LogP contribution in [0.5, 0.6) is 5.75 Å². The molecular formula is C19H23N3O4. The van der Waals surface area contributed by atoms with Gasteiger partial charge in [0.25, 0.3) is 5.91 Å². The number of nitrogens with zero attached hydrogens (tertiary/aromatic N) is 2. The molecule has 1 aromatic heterocycles. The zero-order valence-corrected chi connectivity index (χ0v) is 15.0. The van der Waals surface area contributed by atoms with Crippen LogP contribution in [-0.2, 0) is 9.53 Å². The van der Waals surface area contributed by atoms with Crippen molar-refractivity contribution < 1.29 is 19.1 Å². The first-order valence-corrected chi connectivity index (χ1v) is 8.78. The second-order valence-corrected chi connectivity index (χ2v) is 6.22. The monoisotopic (exact) mass is 357 g/mol. The molecule has 3 rings (SSSR count). The van der Waals surface area contributed by atoms with E-state index in [0.29, 0.717) is 43.9 Å². The van der Waals surface area contributed by atoms with Crippen LogP contribution in [0.25, 0.3) is 11.3 Å². The molecule has 1 amide bonds. The van der Waals surface area contributed by atoms with Crippen molar-refractivity contribution in [3.8, 4) is 17.0 Å². The Kier molecular flexibility index (Phi) is 5.55. The fourth-order valence-corrected chi connectivity index (χ4v) is 3.11. The third-order valence-corrected chi connectivity index (χ3v) is 4.58. The standard InChI is InChI=1S/C19H23N3O4/c1-3-26-19(24)13-7-9-22(10-8-13)18(23)17-12-16(20-21-17)14-5-4-6-15(11-14)25-2/h4-6,11-13H,3,7-10H2,1-2H3,(H,20,21). The first-order valence-electron chi connectivity index (χ1n) is 8.78. The molecule has 0 atom stereocenters. The minimum Gasteiger partial charge on any atom is -0.497 e. The van der Waals surface area contributed by atoms with Crippen molar-refractivity contribution >= 4 is 11.9 Å². The molecule has 2 heterocycles. The van der Waals surface area contributed by atoms with Gasteiger partial charge in [0.2, 0.25) is 0 Å². The Morgan fingerprint density at radius 2 is 2.04 bits per heavy atom. The van der Waals surface area contributed by atoms with E-state index in [-0.39, 0.29) is 17.8 Å². The SMILES string of the molecule is CCOC(=O)C1CCN(C(=O)c2cc(-c3cccc(OC)c3)n[nH]2)CC1. The average Bonchev–Trinajstić information content (AvgIpc) is 3.18. The van der Waals surface area contributed by atoms with Crippen molar-refractivity contribution in [2.24, 2.45) is 5.92 Å². The number of aromatic nitrogens is 2. The number of ether oxygens (including phenoxy) is 2. The zero-order chi connectivity index (χ0) is 18.5. The Morgan fingerprint density at radius 3 is 2.73 bits per heavy atom. The number of esters is 1. The third kappa shape index (κ3) is 3.87. The minimum atomic E-state index is -0.165. The van der Waals surface area contributed by atoms with E-state index in [0.717, 1.165) is 11.3 Å². The predicted octanol–water partition coefficient (Wildman–Crippen LogP) is 2.50. The molecule has 1 aromatic carbocycles. The minimum absolute atomic E-state index is 0.103. The lowest BCUT2D eigenvalue weighted by Crippen LogP contribution is -2.40. The molecule has 7 heteroatoms. The summed E-state index contributed by atoms with van der Waals surface area (Å²) in [6.45, 7) is 3.26. The fourth-order valence-electron chi connectivity index (χ4n) is 3.11. The molecule has 1 aliphatic rings. The maximum absolute atomic E-state index is 12.7. The van der Waals surface area contributed by atoms with Gasteiger partial charge in [0, 0.05) is 18.7 Å². The van der Waals surface area contributed by atoms with Gasteiger partial charge in [-0.1, -0.05) is 12.1 Å². The van der Waals surface area contributed by atoms with Crippen molar-refractivity contribution in [2.45, 2.75) is 19.8 Å². The summed E-state index contributed by atoms with van der Waals surface area (Å²) in [6.07, 6.45) is 1.25. The number of H-pyrrole nitrogens is 1. The Morgan fingerprint density at radius 1 is 1.27 bits per heavy atom. The highest BCUT2D eigenvalue weighted by atomic mass is 16.5. The number of aromatic amines is 1. The molecule has 138 valence electrons. The van der Waals surface area contributed by atoms with E-state index in [1.54, 1.807) is 25.0 Å². The summed E-state index contributed by atoms with van der Waals surface area (Å²) >= 11 is 0. The Labute approximate surface area is 152 Å². The number of amides is 1. The van der Waals surface area contributed by atoms with E-state index in [9.17, 15) is 9.59 Å². The van der Waals surface area contributed by atoms with Crippen molar-refractivity contribution in [3.63, 3.8) is 0 Å². The highest BCUT2D eigenvalue weighted by molar-refractivity contribution is 5.93. The highest BCUT2D eigenvalue weighted by Crippen LogP contribution is 2.24. The number of rotatable bonds is 5. The molecule has 26 heavy (non-hydrogen) atoms. The van der Waals surface area contributed by atoms with Gasteiger partial charge >= 0.3 is 5.97 Å². The number of benzene rings is 1. The molecule has 0 aliphatic carbocycles. The lowest BCUT2D eigenvalue weighted by Gasteiger charge is -2.30. The number of hydrogen-bond acceptors (Lipinski definition) is 5. The second kappa shape index (κ2) is 8.03. The molecule has 7 nitrogen and oxygen atoms in total. The van der Waals surface area contributed by atoms with Crippen molar-refractivity contribution in [3.05, 3.63) is 36.0 Å². The van der Waals surface area contributed by atoms with Crippen LogP contribution in [0.15, 0.2) is 30.3 Å². The first-order chi connectivity index (χ1) is 12.6. The number of carbonyl (C=O) groups excluding carboxylic acids is 2. The molecule has 0 unspecified atom stereocenters. The van der Waals surface area contributed by atoms with Crippen LogP contribution >= 0.6 is 0 Å². The number of carbonyl (C=O) groups is 2. The summed E-state index contributed by atoms with van der Waals surface area (Å²) in [4.78, 5) is 26.2. The number of nitrogens with one attached hydrogen (secondary N) is 1. The number of methoxy groups -OCH3 is 1. The largest absolute Gasteiger partial charge is 0.497 e. The topological polar surface area (TPSA) is 84.5 Å². The highest BCUT2D eigenvalue weighted by Gasteiger charge is 2.29. The number of likely N-dealkylation sites (tertiary alicyclic amines) is 1. The summed E-state index contributed by atoms with van der Waals surface area (Å²) in [7, 11) is 1.61. The molecule has 0 spiro atoms. The molecule has 1 saturated heterocycles. The molecule has 0 bridgehead atoms. The van der Waals surface area contributed by atoms with Crippen LogP contribution in [0.4, 0.5) is 0 Å². The predicted molar refractivity (Wildman–Crippen MR) is 95.8 cm³/mol. The Balaban J connectivity index is 1.64. The molecule has 1 aliphatic heterocycles. The van der Waals surface area contributed by atoms with Gasteiger partial charge < -0.3 is 14.4 Å². The smallest absolute Gasteiger partial charge is 0.309 e. The Bertz CT molecular complexity index is 779. The lowest BCUT2D eigenvalue weighted by atomic mass is 9.97. The first kappa shape index (κ1) is 18.0. The molecule has 0 saturated carbocycles. The van der Waals surface area contributed by atoms with E-state index in [1.165, 1.54) is 0 Å². The fraction of sp³-hybridized carbons (Fsp3) is 0.421. The summed E-state index contributed by atoms with van der Waals surface area (Å²) in [5.41, 5.74) is 2.01. The zero-order valence-electron chi connectivity index (χ0n) is 15.0. The van der Waals surface area contributed by atoms with Gasteiger partial charge in [-0.2, -0.15) is 5.10 Å². The molecule has 1 fully saturated rings. The quantitative estimate of drug-likeness (QED) is 0.831. The van der Waals surface area contributed by atoms with Crippen molar-refractivity contribution in [1.29, 1.82) is 0 Å². The maximum Gasteiger partial charge on any atom is 0.309 e. The van der Waals surface area contributed by atoms with Crippen molar-refractivity contribution in [2.75, 3.05) is 26.8 Å². The van der Waals surface area contributed by atoms with Crippen LogP contribution in [0.2, 0.25) is 0 Å². The molecule has 0 radical (unpaired) electrons. The van der Waals surface area contributed by atoms with Gasteiger partial charge in [0.05, 0.1) is 25.3 Å². The third-order valence-electron chi connectivity index (χ3n) is 4.58. The summed E-state index contributed by atoms with van der Waals surface area (Å²) in [5, 5.41) is 7.06. The van der Waals surface area contributed by atoms with Gasteiger partial charge in [-0.3, -0.25) is 14.7 Å². The summed E-state index contributed by atoms with van der Waals surface area (Å²) in [6, 6.07) is 9.27. The van der Waals surface area contributed by atoms with E-state index < -0.39 is 0 Å². The normalized spacial score (nSPS) is 14.9. The van der Waals surface area contributed by atoms with Gasteiger partial charge in [-0.15, -0.1) is 0 Å². The molecular weight excluding hydrogens is 334 g/mol. The molecule has 2 aromatic rings. The lowest BCUT2D eigenvalue weighted by molar-refractivity contribution is -0.149. The van der Waals surface area contributed by atoms with E-state index in [2.05, 4.69) is 10.2 Å². The van der Waals surface area contributed by atoms with Crippen LogP contribution in [0.1, 0.15) is 30.3 Å². The van der Waals surface area contributed by atoms with Gasteiger partial charge in [0.1, 0.15) is 11.4 Å². The summed E-state index contributed by atoms with van der Waals surface area (Å²) in [5.74, 6) is 0.350. The molecule has 1 N–H and O–H groups in total. The van der Waals surface area contributed by atoms with Gasteiger partial charge in [-0.25, -0.2) is 0 Å². The second-order valence-electron chi connectivity index (χ2n) is 6.22. The van der Waals surface area contributed by atoms with Crippen molar-refractivity contribution in [1.82, 2.24) is 15.1 Å². The van der Waals surface area contributed by atoms with E-state index >= 15 is 0 Å². The average molecular weight is 357 g/mol. The van der Waals surface area contributed by atoms with Crippen LogP contribution in [-0.4, -0.2) is 53.8 Å². The number of hydrogen-bond donors (Lipinski definition) is 1. The van der Waals surface area contributed by atoms with Gasteiger partial charge in [-0.05, 0) is 38.0 Å². The van der Waals surface area contributed by atoms with E-state index in [1.807, 2.05) is 24.3 Å². The summed E-state index contributed by atoms with van der Waals surface area (Å²) < 4.78 is 10.3. The van der Waals surface area contributed by atoms with E-state index in [4.69, 9.17) is 9.47 Å². The Hall–Kier alpha value is -2.83. The maximum atomic E-state index is 12.7. The van der Waals surface area contributed by atoms with Crippen LogP contribution in [0.3, 0.4) is 0 Å². The van der Waals surface area contributed by atoms with Crippen LogP contribution < -0.4 is 4.74 Å². The number of piperidine rings is 1. The van der Waals surface area contributed by atoms with Crippen LogP contribution in [0, 0.1) is 5.92 Å². The van der Waals surface area contributed by atoms with Gasteiger partial charge in [0.15, 0.2) is 0 Å².